The second-order valence-electron chi connectivity index (χ2n) is 3.60. The average molecular weight is 277 g/mol. The highest BCUT2D eigenvalue weighted by atomic mass is 79.9. The SMILES string of the molecule is COc1ccc2oc3ccc(Br)cc3c2c1. The number of benzene rings is 2. The molecule has 3 aromatic rings. The Bertz CT molecular complexity index is 670. The number of hydrogen-bond donors (Lipinski definition) is 0. The number of ether oxygens (including phenoxy) is 1. The average Bonchev–Trinajstić information content (AvgIpc) is 2.66. The van der Waals surface area contributed by atoms with Crippen molar-refractivity contribution in [1.82, 2.24) is 0 Å². The Labute approximate surface area is 101 Å². The van der Waals surface area contributed by atoms with Crippen molar-refractivity contribution < 1.29 is 9.15 Å². The molecule has 1 heterocycles. The van der Waals surface area contributed by atoms with Gasteiger partial charge in [0, 0.05) is 15.2 Å². The van der Waals surface area contributed by atoms with E-state index in [2.05, 4.69) is 22.0 Å². The predicted octanol–water partition coefficient (Wildman–Crippen LogP) is 4.36. The quantitative estimate of drug-likeness (QED) is 0.659. The van der Waals surface area contributed by atoms with Crippen LogP contribution in [0.4, 0.5) is 0 Å². The summed E-state index contributed by atoms with van der Waals surface area (Å²) >= 11 is 3.47. The molecule has 0 atom stereocenters. The third-order valence-corrected chi connectivity index (χ3v) is 3.13. The second kappa shape index (κ2) is 3.52. The predicted molar refractivity (Wildman–Crippen MR) is 68.0 cm³/mol. The highest BCUT2D eigenvalue weighted by Gasteiger charge is 2.07. The molecular formula is C13H9BrO2. The molecule has 1 aromatic heterocycles. The van der Waals surface area contributed by atoms with Crippen LogP contribution in [0.25, 0.3) is 21.9 Å². The van der Waals surface area contributed by atoms with Crippen LogP contribution < -0.4 is 4.74 Å². The van der Waals surface area contributed by atoms with Crippen LogP contribution in [0.15, 0.2) is 45.3 Å². The van der Waals surface area contributed by atoms with Crippen LogP contribution in [0, 0.1) is 0 Å². The van der Waals surface area contributed by atoms with Gasteiger partial charge in [0.2, 0.25) is 0 Å². The van der Waals surface area contributed by atoms with E-state index in [0.717, 1.165) is 32.2 Å². The van der Waals surface area contributed by atoms with Gasteiger partial charge in [0.1, 0.15) is 16.9 Å². The summed E-state index contributed by atoms with van der Waals surface area (Å²) < 4.78 is 12.0. The van der Waals surface area contributed by atoms with Crippen molar-refractivity contribution in [2.45, 2.75) is 0 Å². The van der Waals surface area contributed by atoms with Crippen molar-refractivity contribution in [3.8, 4) is 5.75 Å². The molecule has 3 heteroatoms. The second-order valence-corrected chi connectivity index (χ2v) is 4.52. The summed E-state index contributed by atoms with van der Waals surface area (Å²) in [6.45, 7) is 0. The molecule has 0 bridgehead atoms. The van der Waals surface area contributed by atoms with E-state index in [0.29, 0.717) is 0 Å². The fourth-order valence-electron chi connectivity index (χ4n) is 1.86. The van der Waals surface area contributed by atoms with E-state index in [9.17, 15) is 0 Å². The van der Waals surface area contributed by atoms with Crippen LogP contribution in [0.5, 0.6) is 5.75 Å². The molecular weight excluding hydrogens is 268 g/mol. The molecule has 0 aliphatic carbocycles. The lowest BCUT2D eigenvalue weighted by Gasteiger charge is -1.97. The summed E-state index contributed by atoms with van der Waals surface area (Å²) in [6.07, 6.45) is 0. The lowest BCUT2D eigenvalue weighted by molar-refractivity contribution is 0.415. The molecule has 0 radical (unpaired) electrons. The molecule has 0 spiro atoms. The monoisotopic (exact) mass is 276 g/mol. The van der Waals surface area contributed by atoms with Gasteiger partial charge in [0.05, 0.1) is 7.11 Å². The molecule has 2 aromatic carbocycles. The van der Waals surface area contributed by atoms with E-state index in [4.69, 9.17) is 9.15 Å². The summed E-state index contributed by atoms with van der Waals surface area (Å²) in [4.78, 5) is 0. The van der Waals surface area contributed by atoms with Gasteiger partial charge < -0.3 is 9.15 Å². The Morgan fingerprint density at radius 1 is 1.00 bits per heavy atom. The van der Waals surface area contributed by atoms with Crippen molar-refractivity contribution >= 4 is 37.9 Å². The van der Waals surface area contributed by atoms with Gasteiger partial charge in [-0.2, -0.15) is 0 Å². The topological polar surface area (TPSA) is 22.4 Å². The minimum Gasteiger partial charge on any atom is -0.497 e. The Morgan fingerprint density at radius 3 is 2.44 bits per heavy atom. The smallest absolute Gasteiger partial charge is 0.135 e. The molecule has 0 aliphatic rings. The standard InChI is InChI=1S/C13H9BrO2/c1-15-9-3-5-13-11(7-9)10-6-8(14)2-4-12(10)16-13/h2-7H,1H3. The zero-order valence-corrected chi connectivity index (χ0v) is 10.2. The van der Waals surface area contributed by atoms with Gasteiger partial charge in [-0.3, -0.25) is 0 Å². The Kier molecular flexibility index (Phi) is 2.14. The van der Waals surface area contributed by atoms with Crippen molar-refractivity contribution in [3.63, 3.8) is 0 Å². The number of hydrogen-bond acceptors (Lipinski definition) is 2. The Hall–Kier alpha value is -1.48. The molecule has 2 nitrogen and oxygen atoms in total. The number of rotatable bonds is 1. The van der Waals surface area contributed by atoms with Crippen LogP contribution >= 0.6 is 15.9 Å². The van der Waals surface area contributed by atoms with Crippen LogP contribution in [0.1, 0.15) is 0 Å². The van der Waals surface area contributed by atoms with E-state index >= 15 is 0 Å². The maximum absolute atomic E-state index is 5.73. The number of methoxy groups -OCH3 is 1. The zero-order valence-electron chi connectivity index (χ0n) is 8.66. The minimum atomic E-state index is 0.843. The van der Waals surface area contributed by atoms with Crippen molar-refractivity contribution in [3.05, 3.63) is 40.9 Å². The first-order chi connectivity index (χ1) is 7.78. The van der Waals surface area contributed by atoms with Crippen molar-refractivity contribution in [2.24, 2.45) is 0 Å². The number of furan rings is 1. The summed E-state index contributed by atoms with van der Waals surface area (Å²) in [5, 5.41) is 2.18. The molecule has 16 heavy (non-hydrogen) atoms. The highest BCUT2D eigenvalue weighted by molar-refractivity contribution is 9.10. The lowest BCUT2D eigenvalue weighted by atomic mass is 10.1. The zero-order chi connectivity index (χ0) is 11.1. The lowest BCUT2D eigenvalue weighted by Crippen LogP contribution is -1.80. The molecule has 0 saturated carbocycles. The first-order valence-corrected chi connectivity index (χ1v) is 5.73. The summed E-state index contributed by atoms with van der Waals surface area (Å²) in [6, 6.07) is 11.8. The maximum atomic E-state index is 5.73. The van der Waals surface area contributed by atoms with E-state index in [1.807, 2.05) is 30.3 Å². The first-order valence-electron chi connectivity index (χ1n) is 4.94. The highest BCUT2D eigenvalue weighted by Crippen LogP contribution is 2.32. The summed E-state index contributed by atoms with van der Waals surface area (Å²) in [5.74, 6) is 0.843. The van der Waals surface area contributed by atoms with E-state index in [-0.39, 0.29) is 0 Å². The molecule has 0 fully saturated rings. The number of fused-ring (bicyclic) bond motifs is 3. The maximum Gasteiger partial charge on any atom is 0.135 e. The van der Waals surface area contributed by atoms with Crippen LogP contribution in [-0.2, 0) is 0 Å². The fraction of sp³-hybridized carbons (Fsp3) is 0.0769. The first kappa shape index (κ1) is 9.73. The van der Waals surface area contributed by atoms with Crippen molar-refractivity contribution in [1.29, 1.82) is 0 Å². The van der Waals surface area contributed by atoms with E-state index in [1.165, 1.54) is 0 Å². The molecule has 80 valence electrons. The Balaban J connectivity index is 2.44. The van der Waals surface area contributed by atoms with Gasteiger partial charge in [-0.15, -0.1) is 0 Å². The van der Waals surface area contributed by atoms with Crippen LogP contribution in [-0.4, -0.2) is 7.11 Å². The van der Waals surface area contributed by atoms with Crippen LogP contribution in [0.3, 0.4) is 0 Å². The normalized spacial score (nSPS) is 11.1. The number of halogens is 1. The van der Waals surface area contributed by atoms with Gasteiger partial charge in [-0.1, -0.05) is 15.9 Å². The molecule has 0 aliphatic heterocycles. The van der Waals surface area contributed by atoms with Crippen LogP contribution in [0.2, 0.25) is 0 Å². The Morgan fingerprint density at radius 2 is 1.69 bits per heavy atom. The van der Waals surface area contributed by atoms with Gasteiger partial charge in [-0.05, 0) is 36.4 Å². The molecule has 0 saturated heterocycles. The largest absolute Gasteiger partial charge is 0.497 e. The van der Waals surface area contributed by atoms with E-state index in [1.54, 1.807) is 7.11 Å². The van der Waals surface area contributed by atoms with Gasteiger partial charge in [0.25, 0.3) is 0 Å². The fourth-order valence-corrected chi connectivity index (χ4v) is 2.22. The van der Waals surface area contributed by atoms with E-state index < -0.39 is 0 Å². The van der Waals surface area contributed by atoms with Crippen molar-refractivity contribution in [2.75, 3.05) is 7.11 Å². The van der Waals surface area contributed by atoms with Gasteiger partial charge in [0.15, 0.2) is 0 Å². The summed E-state index contributed by atoms with van der Waals surface area (Å²) in [7, 11) is 1.67. The third-order valence-electron chi connectivity index (χ3n) is 2.64. The third kappa shape index (κ3) is 1.39. The molecule has 3 rings (SSSR count). The van der Waals surface area contributed by atoms with Gasteiger partial charge >= 0.3 is 0 Å². The molecule has 0 unspecified atom stereocenters. The van der Waals surface area contributed by atoms with Gasteiger partial charge in [-0.25, -0.2) is 0 Å². The molecule has 0 N–H and O–H groups in total. The minimum absolute atomic E-state index is 0.843. The molecule has 0 amide bonds. The summed E-state index contributed by atoms with van der Waals surface area (Å²) in [5.41, 5.74) is 1.78.